The van der Waals surface area contributed by atoms with Crippen LogP contribution < -0.4 is 11.1 Å². The molecule has 0 spiro atoms. The number of nitrogens with zero attached hydrogens (tertiary/aromatic N) is 3. The summed E-state index contributed by atoms with van der Waals surface area (Å²) in [6.45, 7) is 1.71. The highest BCUT2D eigenvalue weighted by molar-refractivity contribution is 5.95. The second-order valence-corrected chi connectivity index (χ2v) is 6.65. The summed E-state index contributed by atoms with van der Waals surface area (Å²) in [6, 6.07) is 4.33. The number of hydrogen-bond acceptors (Lipinski definition) is 4. The van der Waals surface area contributed by atoms with Crippen LogP contribution in [0.1, 0.15) is 28.8 Å². The molecule has 1 aromatic carbocycles. The molecule has 0 atom stereocenters. The summed E-state index contributed by atoms with van der Waals surface area (Å²) < 4.78 is 29.7. The summed E-state index contributed by atoms with van der Waals surface area (Å²) in [5.74, 6) is -1.70. The number of halogens is 2. The Kier molecular flexibility index (Phi) is 4.10. The van der Waals surface area contributed by atoms with Crippen LogP contribution in [-0.2, 0) is 0 Å². The Morgan fingerprint density at radius 1 is 1.26 bits per heavy atom. The van der Waals surface area contributed by atoms with Gasteiger partial charge in [-0.25, -0.2) is 14.1 Å². The maximum atomic E-state index is 14.3. The van der Waals surface area contributed by atoms with Crippen LogP contribution in [0.25, 0.3) is 16.8 Å². The van der Waals surface area contributed by atoms with Crippen LogP contribution in [0.5, 0.6) is 0 Å². The van der Waals surface area contributed by atoms with E-state index in [1.165, 1.54) is 35.3 Å². The van der Waals surface area contributed by atoms with E-state index >= 15 is 0 Å². The maximum absolute atomic E-state index is 14.3. The molecule has 6 nitrogen and oxygen atoms in total. The fourth-order valence-corrected chi connectivity index (χ4v) is 2.83. The van der Waals surface area contributed by atoms with Crippen molar-refractivity contribution in [2.24, 2.45) is 0 Å². The molecule has 0 saturated heterocycles. The molecule has 1 aliphatic carbocycles. The quantitative estimate of drug-likeness (QED) is 0.693. The molecule has 2 aromatic heterocycles. The Balaban J connectivity index is 1.72. The molecule has 0 unspecified atom stereocenters. The molecule has 3 N–H and O–H groups in total. The molecular weight excluding hydrogens is 352 g/mol. The average Bonchev–Trinajstić information content (AvgIpc) is 3.30. The Morgan fingerprint density at radius 2 is 2.04 bits per heavy atom. The third kappa shape index (κ3) is 3.38. The first-order valence-electron chi connectivity index (χ1n) is 8.50. The Labute approximate surface area is 154 Å². The molecule has 1 saturated carbocycles. The minimum Gasteiger partial charge on any atom is -0.397 e. The molecule has 1 amide bonds. The van der Waals surface area contributed by atoms with E-state index < -0.39 is 17.7 Å². The minimum atomic E-state index is -0.663. The third-order valence-corrected chi connectivity index (χ3v) is 4.44. The number of benzene rings is 1. The number of amides is 1. The van der Waals surface area contributed by atoms with Crippen molar-refractivity contribution in [3.05, 3.63) is 59.7 Å². The van der Waals surface area contributed by atoms with Gasteiger partial charge in [-0.15, -0.1) is 0 Å². The number of aryl methyl sites for hydroxylation is 1. The highest BCUT2D eigenvalue weighted by atomic mass is 19.1. The lowest BCUT2D eigenvalue weighted by molar-refractivity contribution is 0.0947. The van der Waals surface area contributed by atoms with Gasteiger partial charge in [0.2, 0.25) is 5.95 Å². The minimum absolute atomic E-state index is 0.0450. The van der Waals surface area contributed by atoms with Gasteiger partial charge >= 0.3 is 0 Å². The topological polar surface area (TPSA) is 85.8 Å². The first-order valence-corrected chi connectivity index (χ1v) is 8.50. The molecule has 0 bridgehead atoms. The zero-order valence-electron chi connectivity index (χ0n) is 14.5. The van der Waals surface area contributed by atoms with E-state index in [4.69, 9.17) is 5.73 Å². The number of rotatable bonds is 4. The number of hydrogen-bond donors (Lipinski definition) is 2. The number of carbonyl (C=O) groups is 1. The van der Waals surface area contributed by atoms with Gasteiger partial charge in [-0.3, -0.25) is 4.79 Å². The zero-order valence-corrected chi connectivity index (χ0v) is 14.5. The summed E-state index contributed by atoms with van der Waals surface area (Å²) in [5, 5.41) is 7.00. The van der Waals surface area contributed by atoms with Crippen molar-refractivity contribution in [3.8, 4) is 16.8 Å². The monoisotopic (exact) mass is 369 g/mol. The summed E-state index contributed by atoms with van der Waals surface area (Å²) in [7, 11) is 0. The highest BCUT2D eigenvalue weighted by Crippen LogP contribution is 2.26. The van der Waals surface area contributed by atoms with Gasteiger partial charge in [0, 0.05) is 23.4 Å². The van der Waals surface area contributed by atoms with Crippen molar-refractivity contribution in [2.75, 3.05) is 5.73 Å². The fraction of sp³-hybridized carbons (Fsp3) is 0.211. The van der Waals surface area contributed by atoms with Crippen molar-refractivity contribution >= 4 is 11.6 Å². The van der Waals surface area contributed by atoms with Crippen molar-refractivity contribution in [3.63, 3.8) is 0 Å². The van der Waals surface area contributed by atoms with Gasteiger partial charge in [0.05, 0.1) is 29.3 Å². The molecular formula is C19H17F2N5O. The molecule has 1 fully saturated rings. The van der Waals surface area contributed by atoms with E-state index in [2.05, 4.69) is 15.4 Å². The average molecular weight is 369 g/mol. The van der Waals surface area contributed by atoms with Crippen molar-refractivity contribution in [2.45, 2.75) is 25.8 Å². The highest BCUT2D eigenvalue weighted by Gasteiger charge is 2.25. The summed E-state index contributed by atoms with van der Waals surface area (Å²) in [4.78, 5) is 15.9. The number of nitrogen functional groups attached to an aromatic ring is 1. The molecule has 4 rings (SSSR count). The van der Waals surface area contributed by atoms with Gasteiger partial charge in [0.25, 0.3) is 5.91 Å². The molecule has 0 aliphatic heterocycles. The SMILES string of the molecule is Cc1cc(F)c(C(=O)NC2CC2)cc1-n1cc(-c2cc(N)cnc2F)cn1. The number of anilines is 1. The normalized spacial score (nSPS) is 13.6. The summed E-state index contributed by atoms with van der Waals surface area (Å²) in [6.07, 6.45) is 6.11. The third-order valence-electron chi connectivity index (χ3n) is 4.44. The number of pyridine rings is 1. The smallest absolute Gasteiger partial charge is 0.254 e. The van der Waals surface area contributed by atoms with Crippen molar-refractivity contribution in [1.29, 1.82) is 0 Å². The van der Waals surface area contributed by atoms with Crippen LogP contribution in [-0.4, -0.2) is 26.7 Å². The number of aromatic nitrogens is 3. The molecule has 2 heterocycles. The lowest BCUT2D eigenvalue weighted by Crippen LogP contribution is -2.26. The van der Waals surface area contributed by atoms with E-state index in [9.17, 15) is 13.6 Å². The van der Waals surface area contributed by atoms with Gasteiger partial charge < -0.3 is 11.1 Å². The number of carbonyl (C=O) groups excluding carboxylic acids is 1. The van der Waals surface area contributed by atoms with E-state index in [1.54, 1.807) is 13.1 Å². The van der Waals surface area contributed by atoms with Gasteiger partial charge in [-0.1, -0.05) is 0 Å². The second kappa shape index (κ2) is 6.46. The standard InChI is InChI=1S/C19H17F2N5O/c1-10-4-16(20)15(19(27)25-13-2-3-13)6-17(10)26-9-11(7-24-26)14-5-12(22)8-23-18(14)21/h4-9,13H,2-3,22H2,1H3,(H,25,27). The number of nitrogens with two attached hydrogens (primary N) is 1. The molecule has 1 aliphatic rings. The van der Waals surface area contributed by atoms with Crippen LogP contribution in [0.3, 0.4) is 0 Å². The molecule has 0 radical (unpaired) electrons. The lowest BCUT2D eigenvalue weighted by atomic mass is 10.1. The fourth-order valence-electron chi connectivity index (χ4n) is 2.83. The van der Waals surface area contributed by atoms with Crippen LogP contribution in [0.15, 0.2) is 36.8 Å². The largest absolute Gasteiger partial charge is 0.397 e. The maximum Gasteiger partial charge on any atom is 0.254 e. The molecule has 138 valence electrons. The molecule has 27 heavy (non-hydrogen) atoms. The number of nitrogens with one attached hydrogen (secondary N) is 1. The van der Waals surface area contributed by atoms with Gasteiger partial charge in [-0.2, -0.15) is 9.49 Å². The summed E-state index contributed by atoms with van der Waals surface area (Å²) in [5.41, 5.74) is 7.77. The second-order valence-electron chi connectivity index (χ2n) is 6.65. The van der Waals surface area contributed by atoms with Crippen LogP contribution in [0, 0.1) is 18.7 Å². The predicted molar refractivity (Wildman–Crippen MR) is 96.3 cm³/mol. The van der Waals surface area contributed by atoms with Crippen molar-refractivity contribution in [1.82, 2.24) is 20.1 Å². The van der Waals surface area contributed by atoms with E-state index in [1.807, 2.05) is 0 Å². The van der Waals surface area contributed by atoms with E-state index in [0.717, 1.165) is 12.8 Å². The van der Waals surface area contributed by atoms with E-state index in [-0.39, 0.29) is 17.2 Å². The summed E-state index contributed by atoms with van der Waals surface area (Å²) >= 11 is 0. The van der Waals surface area contributed by atoms with Gasteiger partial charge in [0.15, 0.2) is 0 Å². The van der Waals surface area contributed by atoms with Crippen molar-refractivity contribution < 1.29 is 13.6 Å². The Morgan fingerprint density at radius 3 is 2.78 bits per heavy atom. The van der Waals surface area contributed by atoms with Crippen LogP contribution in [0.4, 0.5) is 14.5 Å². The Hall–Kier alpha value is -3.29. The van der Waals surface area contributed by atoms with Crippen LogP contribution >= 0.6 is 0 Å². The first-order chi connectivity index (χ1) is 12.9. The zero-order chi connectivity index (χ0) is 19.1. The van der Waals surface area contributed by atoms with E-state index in [0.29, 0.717) is 22.5 Å². The predicted octanol–water partition coefficient (Wildman–Crippen LogP) is 3.00. The van der Waals surface area contributed by atoms with Gasteiger partial charge in [0.1, 0.15) is 5.82 Å². The lowest BCUT2D eigenvalue weighted by Gasteiger charge is -2.11. The molecule has 8 heteroatoms. The van der Waals surface area contributed by atoms with Crippen LogP contribution in [0.2, 0.25) is 0 Å². The molecule has 3 aromatic rings. The van der Waals surface area contributed by atoms with Gasteiger partial charge in [-0.05, 0) is 43.5 Å². The Bertz CT molecular complexity index is 1040. The first kappa shape index (κ1) is 17.1.